The van der Waals surface area contributed by atoms with Crippen molar-refractivity contribution in [1.29, 1.82) is 0 Å². The number of para-hydroxylation sites is 1. The summed E-state index contributed by atoms with van der Waals surface area (Å²) >= 11 is 0. The Hall–Kier alpha value is -1.51. The molecule has 3 aromatic rings. The molecule has 0 saturated heterocycles. The summed E-state index contributed by atoms with van der Waals surface area (Å²) in [5.74, 6) is 0.653. The summed E-state index contributed by atoms with van der Waals surface area (Å²) in [7, 11) is 0. The van der Waals surface area contributed by atoms with Gasteiger partial charge >= 0.3 is 0 Å². The summed E-state index contributed by atoms with van der Waals surface area (Å²) in [5, 5.41) is 2.70. The van der Waals surface area contributed by atoms with Crippen LogP contribution >= 0.6 is 12.4 Å². The number of nitrogens with two attached hydrogens (primary N) is 1. The highest BCUT2D eigenvalue weighted by molar-refractivity contribution is 6.08. The molecule has 1 atom stereocenters. The molecule has 1 aliphatic carbocycles. The van der Waals surface area contributed by atoms with E-state index in [4.69, 9.17) is 5.73 Å². The van der Waals surface area contributed by atoms with Crippen molar-refractivity contribution in [3.63, 3.8) is 0 Å². The van der Waals surface area contributed by atoms with Crippen LogP contribution in [0, 0.1) is 5.92 Å². The minimum atomic E-state index is 0. The fraction of sp³-hybridized carbons (Fsp3) is 0.429. The fourth-order valence-electron chi connectivity index (χ4n) is 4.38. The molecule has 0 radical (unpaired) electrons. The summed E-state index contributed by atoms with van der Waals surface area (Å²) < 4.78 is 2.40. The van der Waals surface area contributed by atoms with Crippen molar-refractivity contribution in [2.45, 2.75) is 51.6 Å². The first-order valence-corrected chi connectivity index (χ1v) is 9.06. The molecule has 1 aromatic heterocycles. The average molecular weight is 343 g/mol. The molecule has 0 unspecified atom stereocenters. The van der Waals surface area contributed by atoms with Gasteiger partial charge in [-0.25, -0.2) is 0 Å². The number of hydrogen-bond donors (Lipinski definition) is 1. The van der Waals surface area contributed by atoms with Crippen molar-refractivity contribution in [1.82, 2.24) is 4.57 Å². The van der Waals surface area contributed by atoms with E-state index in [1.54, 1.807) is 0 Å². The third-order valence-corrected chi connectivity index (χ3v) is 5.66. The SMILES string of the molecule is CCn1c2ccccc2c2cc([C@H](N)C3CCCCC3)ccc21.Cl. The highest BCUT2D eigenvalue weighted by Crippen LogP contribution is 2.36. The predicted octanol–water partition coefficient (Wildman–Crippen LogP) is 5.82. The third kappa shape index (κ3) is 2.82. The van der Waals surface area contributed by atoms with E-state index in [0.717, 1.165) is 6.54 Å². The maximum atomic E-state index is 6.64. The molecule has 0 bridgehead atoms. The summed E-state index contributed by atoms with van der Waals surface area (Å²) in [6.45, 7) is 3.21. The van der Waals surface area contributed by atoms with Crippen molar-refractivity contribution in [3.05, 3.63) is 48.0 Å². The predicted molar refractivity (Wildman–Crippen MR) is 106 cm³/mol. The number of nitrogens with zero attached hydrogens (tertiary/aromatic N) is 1. The van der Waals surface area contributed by atoms with Crippen molar-refractivity contribution < 1.29 is 0 Å². The molecule has 1 aliphatic rings. The second-order valence-electron chi connectivity index (χ2n) is 6.96. The second kappa shape index (κ2) is 7.16. The first-order chi connectivity index (χ1) is 11.3. The van der Waals surface area contributed by atoms with Crippen LogP contribution in [0.15, 0.2) is 42.5 Å². The van der Waals surface area contributed by atoms with Crippen LogP contribution in [0.3, 0.4) is 0 Å². The van der Waals surface area contributed by atoms with E-state index in [-0.39, 0.29) is 18.4 Å². The molecule has 3 heteroatoms. The summed E-state index contributed by atoms with van der Waals surface area (Å²) in [6, 6.07) is 15.8. The van der Waals surface area contributed by atoms with Gasteiger partial charge in [0, 0.05) is 34.4 Å². The summed E-state index contributed by atoms with van der Waals surface area (Å²) in [5.41, 5.74) is 10.6. The normalized spacial score (nSPS) is 17.1. The Kier molecular flexibility index (Phi) is 5.17. The van der Waals surface area contributed by atoms with Gasteiger partial charge in [0.2, 0.25) is 0 Å². The number of rotatable bonds is 3. The minimum Gasteiger partial charge on any atom is -0.341 e. The zero-order chi connectivity index (χ0) is 15.8. The lowest BCUT2D eigenvalue weighted by atomic mass is 9.81. The average Bonchev–Trinajstić information content (AvgIpc) is 2.95. The van der Waals surface area contributed by atoms with Gasteiger partial charge in [-0.2, -0.15) is 0 Å². The van der Waals surface area contributed by atoms with E-state index in [1.807, 2.05) is 0 Å². The number of aromatic nitrogens is 1. The van der Waals surface area contributed by atoms with Gasteiger partial charge in [0.15, 0.2) is 0 Å². The highest BCUT2D eigenvalue weighted by atomic mass is 35.5. The second-order valence-corrected chi connectivity index (χ2v) is 6.96. The van der Waals surface area contributed by atoms with Gasteiger partial charge in [-0.05, 0) is 49.4 Å². The van der Waals surface area contributed by atoms with Crippen LogP contribution in [-0.2, 0) is 6.54 Å². The quantitative estimate of drug-likeness (QED) is 0.639. The number of benzene rings is 2. The molecule has 0 amide bonds. The molecule has 0 spiro atoms. The zero-order valence-corrected chi connectivity index (χ0v) is 15.2. The van der Waals surface area contributed by atoms with Crippen LogP contribution in [0.5, 0.6) is 0 Å². The van der Waals surface area contributed by atoms with Gasteiger partial charge in [-0.1, -0.05) is 43.5 Å². The van der Waals surface area contributed by atoms with Crippen LogP contribution in [0.25, 0.3) is 21.8 Å². The standard InChI is InChI=1S/C21H26N2.ClH/c1-2-23-19-11-7-6-10-17(19)18-14-16(12-13-20(18)23)21(22)15-8-4-3-5-9-15;/h6-7,10-15,21H,2-5,8-9,22H2,1H3;1H/t21-;/m1./s1. The molecule has 2 aromatic carbocycles. The van der Waals surface area contributed by atoms with E-state index in [1.165, 1.54) is 59.5 Å². The number of halogens is 1. The minimum absolute atomic E-state index is 0. The van der Waals surface area contributed by atoms with Crippen molar-refractivity contribution in [2.75, 3.05) is 0 Å². The third-order valence-electron chi connectivity index (χ3n) is 5.66. The van der Waals surface area contributed by atoms with Crippen LogP contribution in [0.2, 0.25) is 0 Å². The molecular formula is C21H27ClN2. The number of fused-ring (bicyclic) bond motifs is 3. The number of hydrogen-bond acceptors (Lipinski definition) is 1. The van der Waals surface area contributed by atoms with Crippen LogP contribution in [-0.4, -0.2) is 4.57 Å². The molecule has 2 N–H and O–H groups in total. The highest BCUT2D eigenvalue weighted by Gasteiger charge is 2.22. The molecule has 2 nitrogen and oxygen atoms in total. The van der Waals surface area contributed by atoms with Crippen LogP contribution in [0.1, 0.15) is 50.6 Å². The van der Waals surface area contributed by atoms with Gasteiger partial charge in [0.25, 0.3) is 0 Å². The van der Waals surface area contributed by atoms with Crippen molar-refractivity contribution >= 4 is 34.2 Å². The summed E-state index contributed by atoms with van der Waals surface area (Å²) in [6.07, 6.45) is 6.64. The lowest BCUT2D eigenvalue weighted by Crippen LogP contribution is -2.23. The van der Waals surface area contributed by atoms with E-state index < -0.39 is 0 Å². The Labute approximate surface area is 150 Å². The van der Waals surface area contributed by atoms with Crippen molar-refractivity contribution in [3.8, 4) is 0 Å². The Balaban J connectivity index is 0.00000169. The fourth-order valence-corrected chi connectivity index (χ4v) is 4.38. The van der Waals surface area contributed by atoms with E-state index in [2.05, 4.69) is 54.0 Å². The molecule has 1 saturated carbocycles. The monoisotopic (exact) mass is 342 g/mol. The van der Waals surface area contributed by atoms with Gasteiger partial charge in [0.05, 0.1) is 0 Å². The molecule has 128 valence electrons. The van der Waals surface area contributed by atoms with Gasteiger partial charge < -0.3 is 10.3 Å². The first-order valence-electron chi connectivity index (χ1n) is 9.06. The lowest BCUT2D eigenvalue weighted by molar-refractivity contribution is 0.308. The Bertz CT molecular complexity index is 830. The van der Waals surface area contributed by atoms with Crippen LogP contribution in [0.4, 0.5) is 0 Å². The van der Waals surface area contributed by atoms with Crippen LogP contribution < -0.4 is 5.73 Å². The Morgan fingerprint density at radius 2 is 1.71 bits per heavy atom. The maximum Gasteiger partial charge on any atom is 0.0491 e. The smallest absolute Gasteiger partial charge is 0.0491 e. The molecule has 4 rings (SSSR count). The molecule has 1 fully saturated rings. The zero-order valence-electron chi connectivity index (χ0n) is 14.4. The van der Waals surface area contributed by atoms with Gasteiger partial charge in [0.1, 0.15) is 0 Å². The molecule has 1 heterocycles. The molecule has 24 heavy (non-hydrogen) atoms. The maximum absolute atomic E-state index is 6.64. The first kappa shape index (κ1) is 17.3. The van der Waals surface area contributed by atoms with Gasteiger partial charge in [-0.3, -0.25) is 0 Å². The van der Waals surface area contributed by atoms with E-state index >= 15 is 0 Å². The Morgan fingerprint density at radius 3 is 2.46 bits per heavy atom. The summed E-state index contributed by atoms with van der Waals surface area (Å²) in [4.78, 5) is 0. The van der Waals surface area contributed by atoms with E-state index in [9.17, 15) is 0 Å². The lowest BCUT2D eigenvalue weighted by Gasteiger charge is -2.27. The Morgan fingerprint density at radius 1 is 1.00 bits per heavy atom. The number of aryl methyl sites for hydroxylation is 1. The molecule has 0 aliphatic heterocycles. The largest absolute Gasteiger partial charge is 0.341 e. The molecular weight excluding hydrogens is 316 g/mol. The van der Waals surface area contributed by atoms with Gasteiger partial charge in [-0.15, -0.1) is 12.4 Å². The topological polar surface area (TPSA) is 30.9 Å². The van der Waals surface area contributed by atoms with E-state index in [0.29, 0.717) is 5.92 Å². The van der Waals surface area contributed by atoms with Crippen molar-refractivity contribution in [2.24, 2.45) is 11.7 Å².